The second kappa shape index (κ2) is 7.82. The lowest BCUT2D eigenvalue weighted by molar-refractivity contribution is 0.175. The second-order valence-corrected chi connectivity index (χ2v) is 8.22. The lowest BCUT2D eigenvalue weighted by Gasteiger charge is -2.31. The average Bonchev–Trinajstić information content (AvgIpc) is 2.65. The first kappa shape index (κ1) is 18.2. The molecule has 1 unspecified atom stereocenters. The largest absolute Gasteiger partial charge is 0.505 e. The molecule has 2 aromatic heterocycles. The van der Waals surface area contributed by atoms with Gasteiger partial charge in [0.05, 0.1) is 16.9 Å². The fourth-order valence-electron chi connectivity index (χ4n) is 3.74. The maximum absolute atomic E-state index is 10.8. The van der Waals surface area contributed by atoms with Gasteiger partial charge in [0.25, 0.3) is 0 Å². The summed E-state index contributed by atoms with van der Waals surface area (Å²) in [6.45, 7) is 5.25. The van der Waals surface area contributed by atoms with Crippen LogP contribution in [0, 0.1) is 5.92 Å². The SMILES string of the molecule is CC1CCCN(Cc2cccc(Nc3ccnc4cc(Br)cnc34)c2O)C1. The number of nitrogens with zero attached hydrogens (tertiary/aromatic N) is 3. The number of piperidine rings is 1. The lowest BCUT2D eigenvalue weighted by atomic mass is 9.99. The topological polar surface area (TPSA) is 61.3 Å². The summed E-state index contributed by atoms with van der Waals surface area (Å²) in [4.78, 5) is 11.3. The van der Waals surface area contributed by atoms with E-state index in [1.807, 2.05) is 30.3 Å². The molecule has 0 spiro atoms. The van der Waals surface area contributed by atoms with Crippen molar-refractivity contribution in [2.75, 3.05) is 18.4 Å². The molecule has 0 bridgehead atoms. The molecular weight excluding hydrogens is 404 g/mol. The highest BCUT2D eigenvalue weighted by Crippen LogP contribution is 2.33. The summed E-state index contributed by atoms with van der Waals surface area (Å²) in [7, 11) is 0. The number of nitrogens with one attached hydrogen (secondary N) is 1. The lowest BCUT2D eigenvalue weighted by Crippen LogP contribution is -2.33. The summed E-state index contributed by atoms with van der Waals surface area (Å²) in [6.07, 6.45) is 6.02. The molecule has 4 rings (SSSR count). The Bertz CT molecular complexity index is 962. The standard InChI is InChI=1S/C21H23BrN4O/c1-14-4-3-9-26(12-14)13-15-5-2-6-18(21(15)27)25-17-7-8-23-19-10-16(22)11-24-20(17)19/h2,5-8,10-11,14,27H,3-4,9,12-13H2,1H3,(H,23,25). The van der Waals surface area contributed by atoms with Gasteiger partial charge in [0.2, 0.25) is 0 Å². The van der Waals surface area contributed by atoms with Gasteiger partial charge in [-0.05, 0) is 59.4 Å². The van der Waals surface area contributed by atoms with Crippen molar-refractivity contribution in [3.8, 4) is 5.75 Å². The number of halogens is 1. The van der Waals surface area contributed by atoms with Gasteiger partial charge in [0, 0.05) is 35.5 Å². The van der Waals surface area contributed by atoms with Crippen molar-refractivity contribution < 1.29 is 5.11 Å². The first-order chi connectivity index (χ1) is 13.1. The highest BCUT2D eigenvalue weighted by molar-refractivity contribution is 9.10. The zero-order chi connectivity index (χ0) is 18.8. The maximum Gasteiger partial charge on any atom is 0.143 e. The number of benzene rings is 1. The van der Waals surface area contributed by atoms with Crippen LogP contribution in [0.25, 0.3) is 11.0 Å². The zero-order valence-corrected chi connectivity index (χ0v) is 16.9. The van der Waals surface area contributed by atoms with Crippen molar-refractivity contribution >= 4 is 38.3 Å². The predicted molar refractivity (Wildman–Crippen MR) is 112 cm³/mol. The van der Waals surface area contributed by atoms with Crippen LogP contribution in [0.3, 0.4) is 0 Å². The number of rotatable bonds is 4. The van der Waals surface area contributed by atoms with Gasteiger partial charge >= 0.3 is 0 Å². The van der Waals surface area contributed by atoms with Crippen molar-refractivity contribution in [3.63, 3.8) is 0 Å². The van der Waals surface area contributed by atoms with Crippen molar-refractivity contribution in [2.45, 2.75) is 26.3 Å². The number of anilines is 2. The Hall–Kier alpha value is -2.18. The van der Waals surface area contributed by atoms with Gasteiger partial charge in [-0.3, -0.25) is 14.9 Å². The molecule has 3 heterocycles. The van der Waals surface area contributed by atoms with E-state index >= 15 is 0 Å². The Morgan fingerprint density at radius 3 is 3.00 bits per heavy atom. The number of phenols is 1. The molecule has 6 heteroatoms. The van der Waals surface area contributed by atoms with E-state index in [4.69, 9.17) is 0 Å². The average molecular weight is 427 g/mol. The summed E-state index contributed by atoms with van der Waals surface area (Å²) in [6, 6.07) is 9.68. The van der Waals surface area contributed by atoms with Crippen LogP contribution in [0.2, 0.25) is 0 Å². The smallest absolute Gasteiger partial charge is 0.143 e. The number of pyridine rings is 2. The van der Waals surface area contributed by atoms with Crippen LogP contribution in [0.4, 0.5) is 11.4 Å². The summed E-state index contributed by atoms with van der Waals surface area (Å²) in [5.74, 6) is 1.02. The van der Waals surface area contributed by atoms with Gasteiger partial charge in [-0.2, -0.15) is 0 Å². The zero-order valence-electron chi connectivity index (χ0n) is 15.3. The van der Waals surface area contributed by atoms with Crippen LogP contribution in [0.5, 0.6) is 5.75 Å². The first-order valence-corrected chi connectivity index (χ1v) is 10.1. The first-order valence-electron chi connectivity index (χ1n) is 9.30. The monoisotopic (exact) mass is 426 g/mol. The molecule has 1 aromatic carbocycles. The Kier molecular flexibility index (Phi) is 5.27. The van der Waals surface area contributed by atoms with E-state index in [1.165, 1.54) is 12.8 Å². The molecule has 0 radical (unpaired) electrons. The van der Waals surface area contributed by atoms with Crippen molar-refractivity contribution in [1.82, 2.24) is 14.9 Å². The van der Waals surface area contributed by atoms with E-state index in [2.05, 4.69) is 43.0 Å². The number of para-hydroxylation sites is 1. The molecule has 1 aliphatic rings. The number of hydrogen-bond donors (Lipinski definition) is 2. The Morgan fingerprint density at radius 1 is 1.26 bits per heavy atom. The molecule has 27 heavy (non-hydrogen) atoms. The molecule has 0 amide bonds. The van der Waals surface area contributed by atoms with Crippen LogP contribution >= 0.6 is 15.9 Å². The third kappa shape index (κ3) is 4.06. The van der Waals surface area contributed by atoms with Crippen molar-refractivity contribution in [1.29, 1.82) is 0 Å². The van der Waals surface area contributed by atoms with E-state index < -0.39 is 0 Å². The van der Waals surface area contributed by atoms with Gasteiger partial charge in [-0.15, -0.1) is 0 Å². The molecule has 5 nitrogen and oxygen atoms in total. The molecule has 3 aromatic rings. The highest BCUT2D eigenvalue weighted by atomic mass is 79.9. The summed E-state index contributed by atoms with van der Waals surface area (Å²) >= 11 is 3.43. The van der Waals surface area contributed by atoms with E-state index in [0.717, 1.165) is 52.3 Å². The minimum absolute atomic E-state index is 0.304. The number of hydrogen-bond acceptors (Lipinski definition) is 5. The molecule has 0 saturated carbocycles. The molecule has 1 atom stereocenters. The van der Waals surface area contributed by atoms with Crippen molar-refractivity contribution in [3.05, 3.63) is 52.8 Å². The Balaban J connectivity index is 1.60. The van der Waals surface area contributed by atoms with E-state index in [9.17, 15) is 5.11 Å². The number of aromatic hydroxyl groups is 1. The third-order valence-corrected chi connectivity index (χ3v) is 5.50. The second-order valence-electron chi connectivity index (χ2n) is 7.30. The highest BCUT2D eigenvalue weighted by Gasteiger charge is 2.18. The molecule has 1 saturated heterocycles. The molecule has 1 aliphatic heterocycles. The Labute approximate surface area is 167 Å². The quantitative estimate of drug-likeness (QED) is 0.569. The molecule has 2 N–H and O–H groups in total. The molecule has 1 fully saturated rings. The van der Waals surface area contributed by atoms with E-state index in [1.54, 1.807) is 12.4 Å². The number of phenolic OH excluding ortho intramolecular Hbond substituents is 1. The van der Waals surface area contributed by atoms with Crippen LogP contribution in [0.15, 0.2) is 47.2 Å². The minimum atomic E-state index is 0.304. The summed E-state index contributed by atoms with van der Waals surface area (Å²) in [5.41, 5.74) is 4.03. The van der Waals surface area contributed by atoms with Crippen LogP contribution in [-0.4, -0.2) is 33.1 Å². The summed E-state index contributed by atoms with van der Waals surface area (Å²) in [5, 5.41) is 14.2. The number of fused-ring (bicyclic) bond motifs is 1. The van der Waals surface area contributed by atoms with Gasteiger partial charge in [0.15, 0.2) is 0 Å². The molecule has 0 aliphatic carbocycles. The predicted octanol–water partition coefficient (Wildman–Crippen LogP) is 5.07. The van der Waals surface area contributed by atoms with Gasteiger partial charge in [0.1, 0.15) is 11.3 Å². The van der Waals surface area contributed by atoms with Gasteiger partial charge in [-0.1, -0.05) is 19.1 Å². The normalized spacial score (nSPS) is 17.9. The fraction of sp³-hybridized carbons (Fsp3) is 0.333. The van der Waals surface area contributed by atoms with Gasteiger partial charge < -0.3 is 10.4 Å². The van der Waals surface area contributed by atoms with E-state index in [0.29, 0.717) is 11.4 Å². The minimum Gasteiger partial charge on any atom is -0.505 e. The fourth-order valence-corrected chi connectivity index (χ4v) is 4.06. The molecular formula is C21H23BrN4O. The van der Waals surface area contributed by atoms with Crippen LogP contribution in [0.1, 0.15) is 25.3 Å². The summed E-state index contributed by atoms with van der Waals surface area (Å²) < 4.78 is 0.889. The van der Waals surface area contributed by atoms with Crippen LogP contribution < -0.4 is 5.32 Å². The number of likely N-dealkylation sites (tertiary alicyclic amines) is 1. The third-order valence-electron chi connectivity index (χ3n) is 5.07. The van der Waals surface area contributed by atoms with Crippen LogP contribution in [-0.2, 0) is 6.54 Å². The molecule has 140 valence electrons. The number of aromatic nitrogens is 2. The van der Waals surface area contributed by atoms with Crippen molar-refractivity contribution in [2.24, 2.45) is 5.92 Å². The van der Waals surface area contributed by atoms with E-state index in [-0.39, 0.29) is 0 Å². The van der Waals surface area contributed by atoms with Gasteiger partial charge in [-0.25, -0.2) is 0 Å². The maximum atomic E-state index is 10.8. The Morgan fingerprint density at radius 2 is 2.15 bits per heavy atom.